The second-order valence-electron chi connectivity index (χ2n) is 7.13. The van der Waals surface area contributed by atoms with Crippen LogP contribution in [0.15, 0.2) is 47.4 Å². The van der Waals surface area contributed by atoms with Gasteiger partial charge < -0.3 is 9.84 Å². The molecule has 0 saturated carbocycles. The third-order valence-corrected chi connectivity index (χ3v) is 6.68. The quantitative estimate of drug-likeness (QED) is 0.226. The Morgan fingerprint density at radius 2 is 1.97 bits per heavy atom. The van der Waals surface area contributed by atoms with Gasteiger partial charge in [0.15, 0.2) is 0 Å². The fourth-order valence-electron chi connectivity index (χ4n) is 3.06. The van der Waals surface area contributed by atoms with Gasteiger partial charge in [-0.15, -0.1) is 0 Å². The van der Waals surface area contributed by atoms with Crippen LogP contribution >= 0.6 is 47.2 Å². The Morgan fingerprint density at radius 3 is 2.72 bits per heavy atom. The summed E-state index contributed by atoms with van der Waals surface area (Å²) in [5.41, 5.74) is 1.65. The lowest BCUT2D eigenvalue weighted by molar-refractivity contribution is -0.137. The summed E-state index contributed by atoms with van der Waals surface area (Å²) in [6.45, 7) is 0.788. The van der Waals surface area contributed by atoms with Gasteiger partial charge in [-0.2, -0.15) is 0 Å². The molecule has 0 spiro atoms. The van der Waals surface area contributed by atoms with E-state index in [-0.39, 0.29) is 12.3 Å². The summed E-state index contributed by atoms with van der Waals surface area (Å²) in [7, 11) is 0. The number of carbonyl (C=O) groups is 2. The minimum atomic E-state index is -0.805. The van der Waals surface area contributed by atoms with E-state index in [2.05, 4.69) is 0 Å². The highest BCUT2D eigenvalue weighted by atomic mass is 35.5. The zero-order chi connectivity index (χ0) is 23.1. The van der Waals surface area contributed by atoms with E-state index in [0.29, 0.717) is 51.0 Å². The number of unbranched alkanes of at least 4 members (excludes halogenated alkanes) is 2. The number of hydrogen-bond donors (Lipinski definition) is 1. The summed E-state index contributed by atoms with van der Waals surface area (Å²) in [5.74, 6) is -0.280. The average Bonchev–Trinajstić information content (AvgIpc) is 3.00. The lowest BCUT2D eigenvalue weighted by Gasteiger charge is -2.13. The number of nitrogens with zero attached hydrogens (tertiary/aromatic N) is 1. The Kier molecular flexibility index (Phi) is 8.99. The van der Waals surface area contributed by atoms with Crippen LogP contribution < -0.4 is 4.74 Å². The average molecular weight is 510 g/mol. The normalized spacial score (nSPS) is 14.9. The molecular formula is C23H21Cl2NO4S2. The van der Waals surface area contributed by atoms with Gasteiger partial charge in [0.2, 0.25) is 0 Å². The number of carboxylic acids is 1. The topological polar surface area (TPSA) is 66.8 Å². The number of carboxylic acid groups (broad SMARTS) is 1. The molecule has 1 heterocycles. The molecule has 5 nitrogen and oxygen atoms in total. The number of ether oxygens (including phenoxy) is 1. The molecule has 0 aromatic heterocycles. The van der Waals surface area contributed by atoms with Gasteiger partial charge in [-0.25, -0.2) is 0 Å². The zero-order valence-corrected chi connectivity index (χ0v) is 20.2. The summed E-state index contributed by atoms with van der Waals surface area (Å²) in [5, 5.41) is 9.81. The van der Waals surface area contributed by atoms with Crippen LogP contribution in [-0.4, -0.2) is 32.7 Å². The first-order chi connectivity index (χ1) is 15.3. The fraction of sp³-hybridized carbons (Fsp3) is 0.261. The molecule has 1 N–H and O–H groups in total. The SMILES string of the molecule is O=C(O)CCCCCN1C(=O)/C(=C\c2cccc(OCc3ccc(Cl)cc3Cl)c2)SC1=S. The summed E-state index contributed by atoms with van der Waals surface area (Å²) >= 11 is 18.7. The summed E-state index contributed by atoms with van der Waals surface area (Å²) in [4.78, 5) is 25.5. The van der Waals surface area contributed by atoms with Crippen LogP contribution in [0.2, 0.25) is 10.0 Å². The van der Waals surface area contributed by atoms with Crippen LogP contribution in [0, 0.1) is 0 Å². The highest BCUT2D eigenvalue weighted by Crippen LogP contribution is 2.33. The van der Waals surface area contributed by atoms with Crippen molar-refractivity contribution >= 4 is 69.5 Å². The number of aliphatic carboxylic acids is 1. The molecule has 1 amide bonds. The minimum absolute atomic E-state index is 0.127. The molecule has 3 rings (SSSR count). The molecule has 9 heteroatoms. The lowest BCUT2D eigenvalue weighted by Crippen LogP contribution is -2.29. The van der Waals surface area contributed by atoms with Crippen LogP contribution in [0.5, 0.6) is 5.75 Å². The largest absolute Gasteiger partial charge is 0.489 e. The molecule has 1 aliphatic heterocycles. The summed E-state index contributed by atoms with van der Waals surface area (Å²) < 4.78 is 6.37. The van der Waals surface area contributed by atoms with Crippen LogP contribution in [0.25, 0.3) is 6.08 Å². The van der Waals surface area contributed by atoms with Crippen molar-refractivity contribution in [2.24, 2.45) is 0 Å². The number of hydrogen-bond acceptors (Lipinski definition) is 5. The van der Waals surface area contributed by atoms with E-state index in [9.17, 15) is 9.59 Å². The first-order valence-corrected chi connectivity index (χ1v) is 12.0. The van der Waals surface area contributed by atoms with Crippen LogP contribution in [0.4, 0.5) is 0 Å². The number of thiocarbonyl (C=S) groups is 1. The third kappa shape index (κ3) is 6.97. The molecule has 32 heavy (non-hydrogen) atoms. The van der Waals surface area contributed by atoms with Crippen molar-refractivity contribution in [2.45, 2.75) is 32.3 Å². The lowest BCUT2D eigenvalue weighted by atomic mass is 10.2. The molecule has 0 aliphatic carbocycles. The molecule has 1 fully saturated rings. The van der Waals surface area contributed by atoms with Crippen molar-refractivity contribution in [3.8, 4) is 5.75 Å². The number of halogens is 2. The number of amides is 1. The van der Waals surface area contributed by atoms with Crippen molar-refractivity contribution in [3.05, 3.63) is 68.5 Å². The van der Waals surface area contributed by atoms with Gasteiger partial charge >= 0.3 is 5.97 Å². The molecular weight excluding hydrogens is 489 g/mol. The predicted molar refractivity (Wildman–Crippen MR) is 133 cm³/mol. The molecule has 1 aliphatic rings. The number of carbonyl (C=O) groups excluding carboxylic acids is 1. The smallest absolute Gasteiger partial charge is 0.303 e. The Morgan fingerprint density at radius 1 is 1.16 bits per heavy atom. The predicted octanol–water partition coefficient (Wildman–Crippen LogP) is 6.42. The molecule has 168 valence electrons. The van der Waals surface area contributed by atoms with Crippen molar-refractivity contribution in [3.63, 3.8) is 0 Å². The van der Waals surface area contributed by atoms with E-state index in [1.165, 1.54) is 11.8 Å². The van der Waals surface area contributed by atoms with E-state index in [0.717, 1.165) is 17.5 Å². The molecule has 2 aromatic carbocycles. The maximum Gasteiger partial charge on any atom is 0.303 e. The molecule has 0 bridgehead atoms. The maximum atomic E-state index is 12.8. The second kappa shape index (κ2) is 11.7. The van der Waals surface area contributed by atoms with Crippen molar-refractivity contribution in [2.75, 3.05) is 6.54 Å². The van der Waals surface area contributed by atoms with Crippen molar-refractivity contribution in [1.29, 1.82) is 0 Å². The van der Waals surface area contributed by atoms with E-state index >= 15 is 0 Å². The number of rotatable bonds is 10. The van der Waals surface area contributed by atoms with E-state index in [4.69, 9.17) is 45.3 Å². The first-order valence-electron chi connectivity index (χ1n) is 9.97. The van der Waals surface area contributed by atoms with E-state index in [1.54, 1.807) is 23.1 Å². The highest BCUT2D eigenvalue weighted by Gasteiger charge is 2.31. The van der Waals surface area contributed by atoms with Crippen LogP contribution in [-0.2, 0) is 16.2 Å². The molecule has 1 saturated heterocycles. The van der Waals surface area contributed by atoms with E-state index in [1.807, 2.05) is 30.3 Å². The van der Waals surface area contributed by atoms with Crippen LogP contribution in [0.3, 0.4) is 0 Å². The molecule has 2 aromatic rings. The molecule has 0 atom stereocenters. The zero-order valence-electron chi connectivity index (χ0n) is 17.1. The standard InChI is InChI=1S/C23H21Cl2NO4S2/c24-17-9-8-16(19(25)13-17)14-30-18-6-4-5-15(11-18)12-20-22(29)26(23(31)32-20)10-3-1-2-7-21(27)28/h4-6,8-9,11-13H,1-3,7,10,14H2,(H,27,28)/b20-12+. The van der Waals surface area contributed by atoms with Gasteiger partial charge in [0.25, 0.3) is 5.91 Å². The van der Waals surface area contributed by atoms with Crippen molar-refractivity contribution < 1.29 is 19.4 Å². The Bertz CT molecular complexity index is 1060. The fourth-order valence-corrected chi connectivity index (χ4v) is 4.83. The summed E-state index contributed by atoms with van der Waals surface area (Å²) in [6, 6.07) is 12.7. The van der Waals surface area contributed by atoms with E-state index < -0.39 is 5.97 Å². The molecule has 0 radical (unpaired) electrons. The number of thioether (sulfide) groups is 1. The van der Waals surface area contributed by atoms with Gasteiger partial charge in [0.1, 0.15) is 16.7 Å². The number of benzene rings is 2. The Balaban J connectivity index is 1.59. The van der Waals surface area contributed by atoms with Gasteiger partial charge in [0.05, 0.1) is 4.91 Å². The van der Waals surface area contributed by atoms with Crippen molar-refractivity contribution in [1.82, 2.24) is 4.90 Å². The Hall–Kier alpha value is -2.06. The Labute approximate surface area is 206 Å². The maximum absolute atomic E-state index is 12.8. The monoisotopic (exact) mass is 509 g/mol. The second-order valence-corrected chi connectivity index (χ2v) is 9.65. The molecule has 0 unspecified atom stereocenters. The van der Waals surface area contributed by atoms with Gasteiger partial charge in [-0.1, -0.05) is 71.8 Å². The van der Waals surface area contributed by atoms with Crippen LogP contribution in [0.1, 0.15) is 36.8 Å². The van der Waals surface area contributed by atoms with Gasteiger partial charge in [-0.05, 0) is 48.7 Å². The van der Waals surface area contributed by atoms with Gasteiger partial charge in [-0.3, -0.25) is 14.5 Å². The minimum Gasteiger partial charge on any atom is -0.489 e. The summed E-state index contributed by atoms with van der Waals surface area (Å²) in [6.07, 6.45) is 3.98. The van der Waals surface area contributed by atoms with Gasteiger partial charge in [0, 0.05) is 28.6 Å². The highest BCUT2D eigenvalue weighted by molar-refractivity contribution is 8.26. The third-order valence-electron chi connectivity index (χ3n) is 4.71. The first kappa shape index (κ1) is 24.6.